The molecule has 0 radical (unpaired) electrons. The van der Waals surface area contributed by atoms with Gasteiger partial charge in [-0.15, -0.1) is 0 Å². The van der Waals surface area contributed by atoms with Gasteiger partial charge in [-0.2, -0.15) is 0 Å². The molecule has 0 aromatic heterocycles. The van der Waals surface area contributed by atoms with Crippen LogP contribution >= 0.6 is 23.2 Å². The first-order valence-corrected chi connectivity index (χ1v) is 10.0. The standard InChI is InChI=1S/C17H18Cl2N2O3S/c1-12(17(22)20(2)14-7-5-4-6-8-14)21(25(3,23)24)16-11-13(18)9-10-15(16)19/h4-12H,1-3H3/t12-/m0/s1. The third kappa shape index (κ3) is 4.45. The predicted octanol–water partition coefficient (Wildman–Crippen LogP) is 3.81. The minimum Gasteiger partial charge on any atom is -0.314 e. The maximum Gasteiger partial charge on any atom is 0.250 e. The number of nitrogens with zero attached hydrogens (tertiary/aromatic N) is 2. The highest BCUT2D eigenvalue weighted by molar-refractivity contribution is 7.92. The summed E-state index contributed by atoms with van der Waals surface area (Å²) in [5, 5.41) is 0.515. The summed E-state index contributed by atoms with van der Waals surface area (Å²) in [4.78, 5) is 14.2. The molecule has 0 N–H and O–H groups in total. The Kier molecular flexibility index (Phi) is 5.98. The Balaban J connectivity index is 2.45. The molecule has 134 valence electrons. The number of hydrogen-bond donors (Lipinski definition) is 0. The van der Waals surface area contributed by atoms with E-state index in [1.807, 2.05) is 6.07 Å². The second kappa shape index (κ2) is 7.64. The number of likely N-dealkylation sites (N-methyl/N-ethyl adjacent to an activating group) is 1. The molecule has 25 heavy (non-hydrogen) atoms. The predicted molar refractivity (Wildman–Crippen MR) is 103 cm³/mol. The normalized spacial score (nSPS) is 12.5. The highest BCUT2D eigenvalue weighted by Gasteiger charge is 2.32. The SMILES string of the molecule is C[C@@H](C(=O)N(C)c1ccccc1)N(c1cc(Cl)ccc1Cl)S(C)(=O)=O. The highest BCUT2D eigenvalue weighted by Crippen LogP contribution is 2.32. The topological polar surface area (TPSA) is 57.7 Å². The number of carbonyl (C=O) groups excluding carboxylic acids is 1. The molecule has 2 rings (SSSR count). The van der Waals surface area contributed by atoms with Gasteiger partial charge in [-0.05, 0) is 37.3 Å². The van der Waals surface area contributed by atoms with Crippen molar-refractivity contribution >= 4 is 50.5 Å². The van der Waals surface area contributed by atoms with E-state index >= 15 is 0 Å². The molecule has 0 bridgehead atoms. The van der Waals surface area contributed by atoms with E-state index in [1.54, 1.807) is 37.4 Å². The van der Waals surface area contributed by atoms with Crippen molar-refractivity contribution in [2.24, 2.45) is 0 Å². The number of benzene rings is 2. The summed E-state index contributed by atoms with van der Waals surface area (Å²) in [5.41, 5.74) is 0.823. The van der Waals surface area contributed by atoms with Gasteiger partial charge in [0.1, 0.15) is 6.04 Å². The Morgan fingerprint density at radius 1 is 1.08 bits per heavy atom. The number of sulfonamides is 1. The first kappa shape index (κ1) is 19.6. The van der Waals surface area contributed by atoms with E-state index in [4.69, 9.17) is 23.2 Å². The van der Waals surface area contributed by atoms with Crippen molar-refractivity contribution in [3.05, 3.63) is 58.6 Å². The van der Waals surface area contributed by atoms with E-state index in [0.29, 0.717) is 10.7 Å². The van der Waals surface area contributed by atoms with Gasteiger partial charge in [-0.25, -0.2) is 8.42 Å². The quantitative estimate of drug-likeness (QED) is 0.766. The van der Waals surface area contributed by atoms with Crippen LogP contribution < -0.4 is 9.21 Å². The van der Waals surface area contributed by atoms with Crippen LogP contribution in [0.3, 0.4) is 0 Å². The van der Waals surface area contributed by atoms with E-state index in [0.717, 1.165) is 10.6 Å². The van der Waals surface area contributed by atoms with Crippen molar-refractivity contribution in [3.63, 3.8) is 0 Å². The first-order valence-electron chi connectivity index (χ1n) is 7.40. The number of amides is 1. The Morgan fingerprint density at radius 2 is 1.68 bits per heavy atom. The number of rotatable bonds is 5. The molecule has 2 aromatic rings. The van der Waals surface area contributed by atoms with Gasteiger partial charge >= 0.3 is 0 Å². The lowest BCUT2D eigenvalue weighted by atomic mass is 10.2. The Morgan fingerprint density at radius 3 is 2.24 bits per heavy atom. The van der Waals surface area contributed by atoms with Crippen molar-refractivity contribution < 1.29 is 13.2 Å². The molecule has 0 spiro atoms. The van der Waals surface area contributed by atoms with E-state index in [-0.39, 0.29) is 10.7 Å². The average molecular weight is 401 g/mol. The van der Waals surface area contributed by atoms with E-state index in [2.05, 4.69) is 0 Å². The van der Waals surface area contributed by atoms with Gasteiger partial charge in [0.05, 0.1) is 17.0 Å². The summed E-state index contributed by atoms with van der Waals surface area (Å²) >= 11 is 12.1. The van der Waals surface area contributed by atoms with Gasteiger partial charge in [-0.3, -0.25) is 9.10 Å². The highest BCUT2D eigenvalue weighted by atomic mass is 35.5. The number of anilines is 2. The molecule has 5 nitrogen and oxygen atoms in total. The molecular weight excluding hydrogens is 383 g/mol. The lowest BCUT2D eigenvalue weighted by Gasteiger charge is -2.31. The van der Waals surface area contributed by atoms with Crippen LogP contribution in [-0.4, -0.2) is 33.7 Å². The van der Waals surface area contributed by atoms with E-state index < -0.39 is 22.0 Å². The van der Waals surface area contributed by atoms with Crippen LogP contribution in [0, 0.1) is 0 Å². The molecule has 0 aliphatic rings. The smallest absolute Gasteiger partial charge is 0.250 e. The second-order valence-corrected chi connectivity index (χ2v) is 8.27. The van der Waals surface area contributed by atoms with Crippen molar-refractivity contribution in [2.45, 2.75) is 13.0 Å². The van der Waals surface area contributed by atoms with Gasteiger partial charge in [0.25, 0.3) is 0 Å². The Bertz CT molecular complexity index is 873. The van der Waals surface area contributed by atoms with Crippen molar-refractivity contribution in [1.29, 1.82) is 0 Å². The van der Waals surface area contributed by atoms with Gasteiger partial charge in [0, 0.05) is 17.8 Å². The fraction of sp³-hybridized carbons (Fsp3) is 0.235. The lowest BCUT2D eigenvalue weighted by Crippen LogP contribution is -2.48. The van der Waals surface area contributed by atoms with Crippen LogP contribution in [-0.2, 0) is 14.8 Å². The third-order valence-electron chi connectivity index (χ3n) is 3.69. The zero-order valence-corrected chi connectivity index (χ0v) is 16.3. The summed E-state index contributed by atoms with van der Waals surface area (Å²) < 4.78 is 25.7. The maximum atomic E-state index is 12.8. The van der Waals surface area contributed by atoms with Crippen molar-refractivity contribution in [3.8, 4) is 0 Å². The van der Waals surface area contributed by atoms with Crippen molar-refractivity contribution in [2.75, 3.05) is 22.5 Å². The molecule has 2 aromatic carbocycles. The molecule has 0 unspecified atom stereocenters. The molecule has 0 heterocycles. The van der Waals surface area contributed by atoms with Crippen LogP contribution in [0.1, 0.15) is 6.92 Å². The molecule has 0 fully saturated rings. The number of para-hydroxylation sites is 1. The number of halogens is 2. The molecule has 1 atom stereocenters. The first-order chi connectivity index (χ1) is 11.6. The van der Waals surface area contributed by atoms with E-state index in [9.17, 15) is 13.2 Å². The van der Waals surface area contributed by atoms with Crippen LogP contribution in [0.15, 0.2) is 48.5 Å². The molecule has 1 amide bonds. The summed E-state index contributed by atoms with van der Waals surface area (Å²) in [6, 6.07) is 12.4. The zero-order chi connectivity index (χ0) is 18.8. The summed E-state index contributed by atoms with van der Waals surface area (Å²) in [5.74, 6) is -0.396. The third-order valence-corrected chi connectivity index (χ3v) is 5.47. The molecule has 0 aliphatic heterocycles. The van der Waals surface area contributed by atoms with E-state index in [1.165, 1.54) is 24.0 Å². The van der Waals surface area contributed by atoms with Crippen LogP contribution in [0.25, 0.3) is 0 Å². The van der Waals surface area contributed by atoms with Gasteiger partial charge in [-0.1, -0.05) is 41.4 Å². The fourth-order valence-corrected chi connectivity index (χ4v) is 4.09. The van der Waals surface area contributed by atoms with Crippen LogP contribution in [0.5, 0.6) is 0 Å². The molecule has 0 saturated carbocycles. The number of hydrogen-bond acceptors (Lipinski definition) is 3. The second-order valence-electron chi connectivity index (χ2n) is 5.56. The van der Waals surface area contributed by atoms with Crippen LogP contribution in [0.4, 0.5) is 11.4 Å². The molecule has 0 aliphatic carbocycles. The Hall–Kier alpha value is -1.76. The summed E-state index contributed by atoms with van der Waals surface area (Å²) in [6.07, 6.45) is 1.02. The molecule has 0 saturated heterocycles. The minimum atomic E-state index is -3.77. The zero-order valence-electron chi connectivity index (χ0n) is 14.0. The van der Waals surface area contributed by atoms with Gasteiger partial charge < -0.3 is 4.90 Å². The van der Waals surface area contributed by atoms with Gasteiger partial charge in [0.15, 0.2) is 0 Å². The molecular formula is C17H18Cl2N2O3S. The monoisotopic (exact) mass is 400 g/mol. The fourth-order valence-electron chi connectivity index (χ4n) is 2.49. The lowest BCUT2D eigenvalue weighted by molar-refractivity contribution is -0.119. The van der Waals surface area contributed by atoms with Crippen LogP contribution in [0.2, 0.25) is 10.0 Å². The summed E-state index contributed by atoms with van der Waals surface area (Å²) in [7, 11) is -2.18. The molecule has 8 heteroatoms. The Labute approximate surface area is 157 Å². The minimum absolute atomic E-state index is 0.166. The number of carbonyl (C=O) groups is 1. The summed E-state index contributed by atoms with van der Waals surface area (Å²) in [6.45, 7) is 1.51. The largest absolute Gasteiger partial charge is 0.314 e. The maximum absolute atomic E-state index is 12.8. The van der Waals surface area contributed by atoms with Gasteiger partial charge in [0.2, 0.25) is 15.9 Å². The average Bonchev–Trinajstić information content (AvgIpc) is 2.56. The van der Waals surface area contributed by atoms with Crippen molar-refractivity contribution in [1.82, 2.24) is 0 Å².